The van der Waals surface area contributed by atoms with Crippen molar-refractivity contribution in [3.8, 4) is 0 Å². The Bertz CT molecular complexity index is 355. The molecule has 1 saturated heterocycles. The molecular formula is C13H22N2O4. The lowest BCUT2D eigenvalue weighted by Gasteiger charge is -2.37. The van der Waals surface area contributed by atoms with Crippen LogP contribution in [0.4, 0.5) is 4.79 Å². The summed E-state index contributed by atoms with van der Waals surface area (Å²) < 4.78 is 0. The van der Waals surface area contributed by atoms with Gasteiger partial charge in [0.25, 0.3) is 0 Å². The Morgan fingerprint density at radius 1 is 1.32 bits per heavy atom. The van der Waals surface area contributed by atoms with Crippen LogP contribution in [0, 0.1) is 5.92 Å². The fraction of sp³-hybridized carbons (Fsp3) is 0.846. The number of nitrogens with one attached hydrogen (secondary N) is 1. The molecule has 2 amide bonds. The maximum Gasteiger partial charge on any atom is 0.317 e. The minimum Gasteiger partial charge on any atom is -0.481 e. The second-order valence-electron chi connectivity index (χ2n) is 5.68. The van der Waals surface area contributed by atoms with Crippen LogP contribution in [0.2, 0.25) is 0 Å². The van der Waals surface area contributed by atoms with Crippen molar-refractivity contribution in [2.45, 2.75) is 44.1 Å². The number of aliphatic carboxylic acids is 1. The Labute approximate surface area is 112 Å². The fourth-order valence-corrected chi connectivity index (χ4v) is 2.71. The van der Waals surface area contributed by atoms with E-state index in [4.69, 9.17) is 5.11 Å². The van der Waals surface area contributed by atoms with E-state index >= 15 is 0 Å². The molecule has 6 heteroatoms. The highest BCUT2D eigenvalue weighted by molar-refractivity contribution is 5.76. The molecule has 0 radical (unpaired) electrons. The first-order valence-corrected chi connectivity index (χ1v) is 6.98. The van der Waals surface area contributed by atoms with Gasteiger partial charge in [0.15, 0.2) is 0 Å². The molecule has 2 fully saturated rings. The smallest absolute Gasteiger partial charge is 0.317 e. The lowest BCUT2D eigenvalue weighted by Crippen LogP contribution is -2.48. The van der Waals surface area contributed by atoms with Crippen LogP contribution in [0.15, 0.2) is 0 Å². The summed E-state index contributed by atoms with van der Waals surface area (Å²) in [6.45, 7) is 1.34. The normalized spacial score (nSPS) is 25.5. The molecule has 2 aliphatic rings. The van der Waals surface area contributed by atoms with E-state index in [9.17, 15) is 14.7 Å². The first-order valence-electron chi connectivity index (χ1n) is 6.98. The van der Waals surface area contributed by atoms with Crippen molar-refractivity contribution in [2.75, 3.05) is 19.6 Å². The van der Waals surface area contributed by atoms with Crippen LogP contribution in [0.5, 0.6) is 0 Å². The zero-order chi connectivity index (χ0) is 13.9. The SMILES string of the molecule is O=C(O)C1CCCN(C(=O)NCCC2(O)CCC2)C1. The molecule has 2 rings (SSSR count). The lowest BCUT2D eigenvalue weighted by atomic mass is 9.78. The van der Waals surface area contributed by atoms with Gasteiger partial charge >= 0.3 is 12.0 Å². The molecule has 0 aromatic heterocycles. The van der Waals surface area contributed by atoms with E-state index < -0.39 is 17.5 Å². The Morgan fingerprint density at radius 3 is 2.63 bits per heavy atom. The highest BCUT2D eigenvalue weighted by Gasteiger charge is 2.34. The third-order valence-electron chi connectivity index (χ3n) is 4.21. The molecule has 1 saturated carbocycles. The molecule has 1 aliphatic carbocycles. The molecule has 0 aromatic rings. The number of carbonyl (C=O) groups is 2. The van der Waals surface area contributed by atoms with Gasteiger partial charge < -0.3 is 20.4 Å². The molecule has 6 nitrogen and oxygen atoms in total. The van der Waals surface area contributed by atoms with E-state index in [0.29, 0.717) is 25.9 Å². The van der Waals surface area contributed by atoms with Crippen molar-refractivity contribution in [3.63, 3.8) is 0 Å². The summed E-state index contributed by atoms with van der Waals surface area (Å²) in [5.74, 6) is -1.28. The fourth-order valence-electron chi connectivity index (χ4n) is 2.71. The molecule has 1 atom stereocenters. The summed E-state index contributed by atoms with van der Waals surface area (Å²) in [4.78, 5) is 24.4. The number of carboxylic acid groups (broad SMARTS) is 1. The van der Waals surface area contributed by atoms with Crippen molar-refractivity contribution in [2.24, 2.45) is 5.92 Å². The summed E-state index contributed by atoms with van der Waals surface area (Å²) in [6.07, 6.45) is 4.63. The molecule has 0 aromatic carbocycles. The summed E-state index contributed by atoms with van der Waals surface area (Å²) in [5, 5.41) is 21.6. The quantitative estimate of drug-likeness (QED) is 0.704. The molecule has 0 spiro atoms. The Hall–Kier alpha value is -1.30. The third kappa shape index (κ3) is 3.59. The van der Waals surface area contributed by atoms with Gasteiger partial charge in [-0.05, 0) is 38.5 Å². The van der Waals surface area contributed by atoms with Gasteiger partial charge in [0.1, 0.15) is 0 Å². The largest absolute Gasteiger partial charge is 0.481 e. The van der Waals surface area contributed by atoms with Gasteiger partial charge in [-0.2, -0.15) is 0 Å². The van der Waals surface area contributed by atoms with Crippen LogP contribution >= 0.6 is 0 Å². The van der Waals surface area contributed by atoms with Gasteiger partial charge in [-0.1, -0.05) is 0 Å². The van der Waals surface area contributed by atoms with E-state index in [-0.39, 0.29) is 12.6 Å². The Kier molecular flexibility index (Phi) is 4.29. The number of hydrogen-bond donors (Lipinski definition) is 3. The van der Waals surface area contributed by atoms with E-state index in [2.05, 4.69) is 5.32 Å². The molecule has 1 heterocycles. The highest BCUT2D eigenvalue weighted by atomic mass is 16.4. The summed E-state index contributed by atoms with van der Waals surface area (Å²) in [6, 6.07) is -0.214. The average Bonchev–Trinajstić information content (AvgIpc) is 2.36. The van der Waals surface area contributed by atoms with Crippen LogP contribution in [-0.2, 0) is 4.79 Å². The zero-order valence-corrected chi connectivity index (χ0v) is 11.1. The molecule has 1 unspecified atom stereocenters. The van der Waals surface area contributed by atoms with Crippen LogP contribution in [-0.4, -0.2) is 52.3 Å². The number of rotatable bonds is 4. The van der Waals surface area contributed by atoms with Gasteiger partial charge in [-0.3, -0.25) is 4.79 Å². The first kappa shape index (κ1) is 14.1. The minimum absolute atomic E-state index is 0.214. The number of hydrogen-bond acceptors (Lipinski definition) is 3. The van der Waals surface area contributed by atoms with Crippen molar-refractivity contribution in [3.05, 3.63) is 0 Å². The van der Waals surface area contributed by atoms with Crippen LogP contribution < -0.4 is 5.32 Å². The molecule has 3 N–H and O–H groups in total. The van der Waals surface area contributed by atoms with Crippen molar-refractivity contribution < 1.29 is 19.8 Å². The topological polar surface area (TPSA) is 89.9 Å². The highest BCUT2D eigenvalue weighted by Crippen LogP contribution is 2.34. The van der Waals surface area contributed by atoms with Crippen molar-refractivity contribution in [1.82, 2.24) is 10.2 Å². The monoisotopic (exact) mass is 270 g/mol. The number of carbonyl (C=O) groups excluding carboxylic acids is 1. The molecule has 0 bridgehead atoms. The van der Waals surface area contributed by atoms with Crippen LogP contribution in [0.3, 0.4) is 0 Å². The van der Waals surface area contributed by atoms with Gasteiger partial charge in [-0.25, -0.2) is 4.79 Å². The number of urea groups is 1. The van der Waals surface area contributed by atoms with Crippen LogP contribution in [0.25, 0.3) is 0 Å². The molecular weight excluding hydrogens is 248 g/mol. The number of likely N-dealkylation sites (tertiary alicyclic amines) is 1. The molecule has 19 heavy (non-hydrogen) atoms. The zero-order valence-electron chi connectivity index (χ0n) is 11.1. The number of piperidine rings is 1. The Morgan fingerprint density at radius 2 is 2.05 bits per heavy atom. The number of nitrogens with zero attached hydrogens (tertiary/aromatic N) is 1. The van der Waals surface area contributed by atoms with Gasteiger partial charge in [0.2, 0.25) is 0 Å². The second-order valence-corrected chi connectivity index (χ2v) is 5.68. The van der Waals surface area contributed by atoms with Gasteiger partial charge in [0, 0.05) is 19.6 Å². The van der Waals surface area contributed by atoms with Crippen LogP contribution in [0.1, 0.15) is 38.5 Å². The predicted octanol–water partition coefficient (Wildman–Crippen LogP) is 0.798. The number of carboxylic acids is 1. The molecule has 1 aliphatic heterocycles. The minimum atomic E-state index is -0.832. The van der Waals surface area contributed by atoms with E-state index in [1.807, 2.05) is 0 Å². The van der Waals surface area contributed by atoms with Gasteiger partial charge in [-0.15, -0.1) is 0 Å². The third-order valence-corrected chi connectivity index (χ3v) is 4.21. The lowest BCUT2D eigenvalue weighted by molar-refractivity contribution is -0.143. The number of aliphatic hydroxyl groups is 1. The summed E-state index contributed by atoms with van der Waals surface area (Å²) >= 11 is 0. The first-order chi connectivity index (χ1) is 9.00. The second kappa shape index (κ2) is 5.77. The number of amides is 2. The Balaban J connectivity index is 1.71. The maximum absolute atomic E-state index is 11.9. The average molecular weight is 270 g/mol. The van der Waals surface area contributed by atoms with E-state index in [0.717, 1.165) is 25.7 Å². The van der Waals surface area contributed by atoms with E-state index in [1.165, 1.54) is 0 Å². The van der Waals surface area contributed by atoms with Gasteiger partial charge in [0.05, 0.1) is 11.5 Å². The van der Waals surface area contributed by atoms with E-state index in [1.54, 1.807) is 4.90 Å². The predicted molar refractivity (Wildman–Crippen MR) is 68.7 cm³/mol. The van der Waals surface area contributed by atoms with Crippen molar-refractivity contribution in [1.29, 1.82) is 0 Å². The standard InChI is InChI=1S/C13H22N2O4/c16-11(17)10-3-1-8-15(9-10)12(18)14-7-6-13(19)4-2-5-13/h10,19H,1-9H2,(H,14,18)(H,16,17). The maximum atomic E-state index is 11.9. The summed E-state index contributed by atoms with van der Waals surface area (Å²) in [7, 11) is 0. The van der Waals surface area contributed by atoms with Crippen molar-refractivity contribution >= 4 is 12.0 Å². The summed E-state index contributed by atoms with van der Waals surface area (Å²) in [5.41, 5.74) is -0.585. The molecule has 108 valence electrons.